The summed E-state index contributed by atoms with van der Waals surface area (Å²) >= 11 is 0. The number of H-pyrrole nitrogens is 1. The number of carbonyl (C=O) groups excluding carboxylic acids is 1. The van der Waals surface area contributed by atoms with Crippen LogP contribution in [0.4, 0.5) is 0 Å². The molecule has 1 fully saturated rings. The van der Waals surface area contributed by atoms with Crippen molar-refractivity contribution in [1.82, 2.24) is 15.3 Å². The maximum Gasteiger partial charge on any atom is 0.224 e. The molecule has 0 bridgehead atoms. The van der Waals surface area contributed by atoms with Crippen LogP contribution in [0.25, 0.3) is 11.0 Å². The topological polar surface area (TPSA) is 57.8 Å². The SMILES string of the molecule is Cc1nc2ccc(CC(=O)NCC3(c4ccccc4)CC3(C)C)cc2[nH]1. The fourth-order valence-electron chi connectivity index (χ4n) is 4.16. The summed E-state index contributed by atoms with van der Waals surface area (Å²) in [6, 6.07) is 16.5. The Balaban J connectivity index is 1.44. The van der Waals surface area contributed by atoms with E-state index in [4.69, 9.17) is 0 Å². The van der Waals surface area contributed by atoms with Crippen molar-refractivity contribution in [3.63, 3.8) is 0 Å². The van der Waals surface area contributed by atoms with Gasteiger partial charge in [0.15, 0.2) is 0 Å². The molecule has 1 atom stereocenters. The molecule has 1 aromatic heterocycles. The van der Waals surface area contributed by atoms with Gasteiger partial charge in [-0.25, -0.2) is 4.98 Å². The Kier molecular flexibility index (Phi) is 3.87. The van der Waals surface area contributed by atoms with E-state index in [0.29, 0.717) is 13.0 Å². The molecule has 0 aliphatic heterocycles. The van der Waals surface area contributed by atoms with Gasteiger partial charge in [-0.3, -0.25) is 4.79 Å². The van der Waals surface area contributed by atoms with Crippen molar-refractivity contribution in [1.29, 1.82) is 0 Å². The predicted molar refractivity (Wildman–Crippen MR) is 104 cm³/mol. The molecule has 4 rings (SSSR count). The Hall–Kier alpha value is -2.62. The third-order valence-corrected chi connectivity index (χ3v) is 5.86. The first-order chi connectivity index (χ1) is 12.4. The summed E-state index contributed by atoms with van der Waals surface area (Å²) in [6.45, 7) is 7.18. The highest BCUT2D eigenvalue weighted by Crippen LogP contribution is 2.63. The van der Waals surface area contributed by atoms with E-state index in [1.807, 2.05) is 31.2 Å². The zero-order chi connectivity index (χ0) is 18.4. The smallest absolute Gasteiger partial charge is 0.224 e. The van der Waals surface area contributed by atoms with E-state index in [2.05, 4.69) is 53.4 Å². The van der Waals surface area contributed by atoms with Gasteiger partial charge in [0.1, 0.15) is 5.82 Å². The molecular weight excluding hydrogens is 322 g/mol. The lowest BCUT2D eigenvalue weighted by molar-refractivity contribution is -0.120. The standard InChI is InChI=1S/C22H25N3O/c1-15-24-18-10-9-16(11-19(18)25-15)12-20(26)23-14-22(13-21(22,2)3)17-7-5-4-6-8-17/h4-11H,12-14H2,1-3H3,(H,23,26)(H,24,25). The first-order valence-electron chi connectivity index (χ1n) is 9.17. The number of carbonyl (C=O) groups is 1. The molecule has 26 heavy (non-hydrogen) atoms. The number of nitrogens with one attached hydrogen (secondary N) is 2. The minimum absolute atomic E-state index is 0.0500. The van der Waals surface area contributed by atoms with E-state index in [1.165, 1.54) is 5.56 Å². The van der Waals surface area contributed by atoms with E-state index in [1.54, 1.807) is 0 Å². The number of aryl methyl sites for hydroxylation is 1. The molecule has 2 aromatic carbocycles. The number of imidazole rings is 1. The fraction of sp³-hybridized carbons (Fsp3) is 0.364. The lowest BCUT2D eigenvalue weighted by atomic mass is 9.88. The van der Waals surface area contributed by atoms with E-state index in [-0.39, 0.29) is 16.7 Å². The van der Waals surface area contributed by atoms with Crippen molar-refractivity contribution in [2.45, 2.75) is 39.0 Å². The number of fused-ring (bicyclic) bond motifs is 1. The molecule has 4 heteroatoms. The van der Waals surface area contributed by atoms with Gasteiger partial charge in [0.05, 0.1) is 17.5 Å². The van der Waals surface area contributed by atoms with Gasteiger partial charge in [0.25, 0.3) is 0 Å². The molecule has 1 heterocycles. The second-order valence-electron chi connectivity index (χ2n) is 8.14. The van der Waals surface area contributed by atoms with E-state index in [9.17, 15) is 4.79 Å². The molecule has 1 amide bonds. The van der Waals surface area contributed by atoms with Crippen LogP contribution >= 0.6 is 0 Å². The Bertz CT molecular complexity index is 958. The van der Waals surface area contributed by atoms with Crippen LogP contribution in [0.1, 0.15) is 37.2 Å². The normalized spacial score (nSPS) is 20.9. The molecule has 3 aromatic rings. The highest BCUT2D eigenvalue weighted by Gasteiger charge is 2.61. The van der Waals surface area contributed by atoms with Gasteiger partial charge in [0, 0.05) is 12.0 Å². The van der Waals surface area contributed by atoms with Gasteiger partial charge in [-0.1, -0.05) is 50.2 Å². The zero-order valence-corrected chi connectivity index (χ0v) is 15.6. The summed E-state index contributed by atoms with van der Waals surface area (Å²) in [5.41, 5.74) is 4.51. The zero-order valence-electron chi connectivity index (χ0n) is 15.6. The van der Waals surface area contributed by atoms with Crippen molar-refractivity contribution in [3.8, 4) is 0 Å². The van der Waals surface area contributed by atoms with Crippen molar-refractivity contribution >= 4 is 16.9 Å². The predicted octanol–water partition coefficient (Wildman–Crippen LogP) is 3.90. The highest BCUT2D eigenvalue weighted by molar-refractivity contribution is 5.82. The summed E-state index contributed by atoms with van der Waals surface area (Å²) in [7, 11) is 0. The van der Waals surface area contributed by atoms with Crippen LogP contribution in [-0.2, 0) is 16.6 Å². The average molecular weight is 347 g/mol. The second kappa shape index (κ2) is 5.97. The van der Waals surface area contributed by atoms with Gasteiger partial charge in [-0.05, 0) is 42.0 Å². The maximum absolute atomic E-state index is 12.5. The number of amides is 1. The summed E-state index contributed by atoms with van der Waals surface area (Å²) < 4.78 is 0. The van der Waals surface area contributed by atoms with Crippen LogP contribution < -0.4 is 5.32 Å². The van der Waals surface area contributed by atoms with Crippen LogP contribution in [0.2, 0.25) is 0 Å². The second-order valence-corrected chi connectivity index (χ2v) is 8.14. The van der Waals surface area contributed by atoms with Gasteiger partial charge < -0.3 is 10.3 Å². The Labute approximate surface area is 154 Å². The highest BCUT2D eigenvalue weighted by atomic mass is 16.1. The lowest BCUT2D eigenvalue weighted by Crippen LogP contribution is -2.35. The van der Waals surface area contributed by atoms with Gasteiger partial charge in [-0.15, -0.1) is 0 Å². The number of hydrogen-bond donors (Lipinski definition) is 2. The van der Waals surface area contributed by atoms with Gasteiger partial charge >= 0.3 is 0 Å². The number of benzene rings is 2. The summed E-state index contributed by atoms with van der Waals surface area (Å²) in [6.07, 6.45) is 1.49. The largest absolute Gasteiger partial charge is 0.355 e. The monoisotopic (exact) mass is 347 g/mol. The van der Waals surface area contributed by atoms with Crippen molar-refractivity contribution in [2.24, 2.45) is 5.41 Å². The number of hydrogen-bond acceptors (Lipinski definition) is 2. The van der Waals surface area contributed by atoms with Crippen LogP contribution in [0.3, 0.4) is 0 Å². The van der Waals surface area contributed by atoms with Crippen molar-refractivity contribution in [3.05, 3.63) is 65.5 Å². The average Bonchev–Trinajstić information content (AvgIpc) is 2.98. The first-order valence-corrected chi connectivity index (χ1v) is 9.17. The van der Waals surface area contributed by atoms with Crippen molar-refractivity contribution in [2.75, 3.05) is 6.54 Å². The molecule has 1 aliphatic carbocycles. The molecule has 1 aliphatic rings. The molecule has 4 nitrogen and oxygen atoms in total. The van der Waals surface area contributed by atoms with Crippen LogP contribution in [0, 0.1) is 12.3 Å². The quantitative estimate of drug-likeness (QED) is 0.735. The Morgan fingerprint density at radius 1 is 1.19 bits per heavy atom. The van der Waals surface area contributed by atoms with Crippen LogP contribution in [-0.4, -0.2) is 22.4 Å². The third-order valence-electron chi connectivity index (χ3n) is 5.86. The molecule has 134 valence electrons. The molecule has 1 unspecified atom stereocenters. The molecule has 1 saturated carbocycles. The minimum atomic E-state index is 0.0500. The summed E-state index contributed by atoms with van der Waals surface area (Å²) in [5.74, 6) is 0.959. The van der Waals surface area contributed by atoms with Crippen LogP contribution in [0.5, 0.6) is 0 Å². The molecule has 0 radical (unpaired) electrons. The third kappa shape index (κ3) is 2.90. The molecule has 2 N–H and O–H groups in total. The maximum atomic E-state index is 12.5. The van der Waals surface area contributed by atoms with E-state index < -0.39 is 0 Å². The molecule has 0 spiro atoms. The summed E-state index contributed by atoms with van der Waals surface area (Å²) in [5, 5.41) is 3.18. The molecule has 0 saturated heterocycles. The Morgan fingerprint density at radius 2 is 1.92 bits per heavy atom. The van der Waals surface area contributed by atoms with Crippen LogP contribution in [0.15, 0.2) is 48.5 Å². The molecular formula is C22H25N3O. The number of nitrogens with zero attached hydrogens (tertiary/aromatic N) is 1. The first kappa shape index (κ1) is 16.8. The number of aromatic amines is 1. The summed E-state index contributed by atoms with van der Waals surface area (Å²) in [4.78, 5) is 20.2. The van der Waals surface area contributed by atoms with Crippen molar-refractivity contribution < 1.29 is 4.79 Å². The van der Waals surface area contributed by atoms with Gasteiger partial charge in [-0.2, -0.15) is 0 Å². The fourth-order valence-corrected chi connectivity index (χ4v) is 4.16. The number of rotatable bonds is 5. The lowest BCUT2D eigenvalue weighted by Gasteiger charge is -2.22. The van der Waals surface area contributed by atoms with E-state index in [0.717, 1.165) is 28.8 Å². The van der Waals surface area contributed by atoms with E-state index >= 15 is 0 Å². The Morgan fingerprint density at radius 3 is 2.62 bits per heavy atom. The minimum Gasteiger partial charge on any atom is -0.355 e. The number of aromatic nitrogens is 2. The van der Waals surface area contributed by atoms with Gasteiger partial charge in [0.2, 0.25) is 5.91 Å².